The van der Waals surface area contributed by atoms with Crippen LogP contribution in [-0.2, 0) is 4.79 Å². The first kappa shape index (κ1) is 15.7. The predicted molar refractivity (Wildman–Crippen MR) is 86.7 cm³/mol. The summed E-state index contributed by atoms with van der Waals surface area (Å²) in [5.41, 5.74) is 0.633. The molecule has 2 rings (SSSR count). The quantitative estimate of drug-likeness (QED) is 0.450. The monoisotopic (exact) mass is 315 g/mol. The first-order valence-corrected chi connectivity index (χ1v) is 7.12. The van der Waals surface area contributed by atoms with Crippen LogP contribution in [0.5, 0.6) is 5.75 Å². The fourth-order valence-corrected chi connectivity index (χ4v) is 2.07. The van der Waals surface area contributed by atoms with Crippen molar-refractivity contribution in [2.75, 3.05) is 17.7 Å². The zero-order valence-corrected chi connectivity index (χ0v) is 12.4. The average molecular weight is 316 g/mol. The van der Waals surface area contributed by atoms with Gasteiger partial charge in [-0.15, -0.1) is 11.6 Å². The molecule has 0 aliphatic heterocycles. The van der Waals surface area contributed by atoms with Crippen molar-refractivity contribution in [2.45, 2.75) is 0 Å². The summed E-state index contributed by atoms with van der Waals surface area (Å²) in [6.07, 6.45) is 1.34. The summed E-state index contributed by atoms with van der Waals surface area (Å²) in [5.74, 6) is -0.0373. The average Bonchev–Trinajstić information content (AvgIpc) is 2.54. The van der Waals surface area contributed by atoms with Gasteiger partial charge in [0, 0.05) is 35.1 Å². The van der Waals surface area contributed by atoms with Crippen LogP contribution in [0, 0.1) is 11.3 Å². The van der Waals surface area contributed by atoms with Gasteiger partial charge >= 0.3 is 0 Å². The van der Waals surface area contributed by atoms with Crippen LogP contribution in [0.3, 0.4) is 0 Å². The lowest BCUT2D eigenvalue weighted by molar-refractivity contribution is -0.117. The van der Waals surface area contributed by atoms with E-state index in [1.54, 1.807) is 30.3 Å². The van der Waals surface area contributed by atoms with Crippen molar-refractivity contribution in [1.29, 1.82) is 5.26 Å². The van der Waals surface area contributed by atoms with Gasteiger partial charge in [0.15, 0.2) is 0 Å². The Morgan fingerprint density at radius 3 is 2.73 bits per heavy atom. The number of carbonyl (C=O) groups excluding carboxylic acids is 1. The minimum atomic E-state index is -0.487. The molecule has 1 amide bonds. The SMILES string of the molecule is N#C/C(=C/Nc1cccc2c(O)cccc12)C(=O)NCCCl. The molecule has 6 heteroatoms. The van der Waals surface area contributed by atoms with Gasteiger partial charge in [-0.3, -0.25) is 4.79 Å². The topological polar surface area (TPSA) is 85.2 Å². The summed E-state index contributed by atoms with van der Waals surface area (Å²) >= 11 is 5.49. The fourth-order valence-electron chi connectivity index (χ4n) is 1.97. The number of carbonyl (C=O) groups is 1. The van der Waals surface area contributed by atoms with Crippen molar-refractivity contribution in [3.8, 4) is 11.8 Å². The van der Waals surface area contributed by atoms with Gasteiger partial charge in [0.05, 0.1) is 0 Å². The Kier molecular flexibility index (Phi) is 5.23. The highest BCUT2D eigenvalue weighted by atomic mass is 35.5. The number of halogens is 1. The number of nitrogens with one attached hydrogen (secondary N) is 2. The summed E-state index contributed by atoms with van der Waals surface area (Å²) in [6, 6.07) is 12.4. The van der Waals surface area contributed by atoms with Crippen LogP contribution in [0.4, 0.5) is 5.69 Å². The number of fused-ring (bicyclic) bond motifs is 1. The first-order chi connectivity index (χ1) is 10.7. The second kappa shape index (κ2) is 7.34. The van der Waals surface area contributed by atoms with E-state index in [1.807, 2.05) is 12.1 Å². The smallest absolute Gasteiger partial charge is 0.263 e. The lowest BCUT2D eigenvalue weighted by Crippen LogP contribution is -2.26. The standard InChI is InChI=1S/C16H14ClN3O2/c17-7-8-19-16(22)11(9-18)10-20-14-5-1-4-13-12(14)3-2-6-15(13)21/h1-6,10,20-21H,7-8H2,(H,19,22)/b11-10-. The first-order valence-electron chi connectivity index (χ1n) is 6.59. The number of amides is 1. The number of benzene rings is 2. The number of rotatable bonds is 5. The van der Waals surface area contributed by atoms with Crippen molar-refractivity contribution >= 4 is 34.0 Å². The molecule has 112 valence electrons. The Labute approximate surface area is 132 Å². The molecule has 0 spiro atoms. The van der Waals surface area contributed by atoms with E-state index in [9.17, 15) is 9.90 Å². The molecule has 0 heterocycles. The number of aromatic hydroxyl groups is 1. The van der Waals surface area contributed by atoms with Crippen molar-refractivity contribution in [1.82, 2.24) is 5.32 Å². The third-order valence-corrected chi connectivity index (χ3v) is 3.21. The van der Waals surface area contributed by atoms with E-state index in [0.29, 0.717) is 17.6 Å². The lowest BCUT2D eigenvalue weighted by atomic mass is 10.1. The third kappa shape index (κ3) is 3.48. The normalized spacial score (nSPS) is 11.0. The van der Waals surface area contributed by atoms with E-state index in [2.05, 4.69) is 10.6 Å². The van der Waals surface area contributed by atoms with Gasteiger partial charge in [0.2, 0.25) is 0 Å². The fraction of sp³-hybridized carbons (Fsp3) is 0.125. The number of alkyl halides is 1. The highest BCUT2D eigenvalue weighted by molar-refractivity contribution is 6.18. The summed E-state index contributed by atoms with van der Waals surface area (Å²) < 4.78 is 0. The van der Waals surface area contributed by atoms with Crippen molar-refractivity contribution in [2.24, 2.45) is 0 Å². The molecule has 0 atom stereocenters. The largest absolute Gasteiger partial charge is 0.507 e. The van der Waals surface area contributed by atoms with Crippen LogP contribution < -0.4 is 10.6 Å². The van der Waals surface area contributed by atoms with Crippen LogP contribution in [0.2, 0.25) is 0 Å². The molecular formula is C16H14ClN3O2. The van der Waals surface area contributed by atoms with Gasteiger partial charge in [-0.25, -0.2) is 0 Å². The highest BCUT2D eigenvalue weighted by Crippen LogP contribution is 2.29. The van der Waals surface area contributed by atoms with Gasteiger partial charge in [0.25, 0.3) is 5.91 Å². The Morgan fingerprint density at radius 2 is 2.00 bits per heavy atom. The van der Waals surface area contributed by atoms with Crippen LogP contribution in [-0.4, -0.2) is 23.4 Å². The van der Waals surface area contributed by atoms with E-state index in [4.69, 9.17) is 16.9 Å². The van der Waals surface area contributed by atoms with E-state index < -0.39 is 5.91 Å². The second-order valence-electron chi connectivity index (χ2n) is 4.44. The Morgan fingerprint density at radius 1 is 1.27 bits per heavy atom. The highest BCUT2D eigenvalue weighted by Gasteiger charge is 2.08. The Bertz CT molecular complexity index is 766. The predicted octanol–water partition coefficient (Wildman–Crippen LogP) is 2.72. The number of hydrogen-bond acceptors (Lipinski definition) is 4. The molecule has 0 saturated carbocycles. The van der Waals surface area contributed by atoms with Gasteiger partial charge < -0.3 is 15.7 Å². The molecular weight excluding hydrogens is 302 g/mol. The molecule has 22 heavy (non-hydrogen) atoms. The molecule has 0 saturated heterocycles. The Balaban J connectivity index is 2.27. The van der Waals surface area contributed by atoms with Gasteiger partial charge in [-0.05, 0) is 12.1 Å². The zero-order valence-electron chi connectivity index (χ0n) is 11.6. The molecule has 0 aliphatic rings. The number of nitrogens with zero attached hydrogens (tertiary/aromatic N) is 1. The molecule has 0 bridgehead atoms. The minimum Gasteiger partial charge on any atom is -0.507 e. The summed E-state index contributed by atoms with van der Waals surface area (Å²) in [5, 5.41) is 25.8. The van der Waals surface area contributed by atoms with E-state index in [1.165, 1.54) is 6.20 Å². The molecule has 0 aliphatic carbocycles. The maximum absolute atomic E-state index is 11.7. The molecule has 0 fully saturated rings. The van der Waals surface area contributed by atoms with Crippen molar-refractivity contribution in [3.63, 3.8) is 0 Å². The molecule has 2 aromatic rings. The van der Waals surface area contributed by atoms with Crippen molar-refractivity contribution in [3.05, 3.63) is 48.2 Å². The van der Waals surface area contributed by atoms with Crippen LogP contribution in [0.15, 0.2) is 48.2 Å². The summed E-state index contributed by atoms with van der Waals surface area (Å²) in [6.45, 7) is 0.293. The number of nitriles is 1. The number of hydrogen-bond donors (Lipinski definition) is 3. The molecule has 0 unspecified atom stereocenters. The van der Waals surface area contributed by atoms with Crippen LogP contribution in [0.25, 0.3) is 10.8 Å². The van der Waals surface area contributed by atoms with Gasteiger partial charge in [0.1, 0.15) is 17.4 Å². The number of anilines is 1. The zero-order chi connectivity index (χ0) is 15.9. The molecule has 3 N–H and O–H groups in total. The van der Waals surface area contributed by atoms with Gasteiger partial charge in [-0.1, -0.05) is 24.3 Å². The third-order valence-electron chi connectivity index (χ3n) is 3.02. The maximum Gasteiger partial charge on any atom is 0.263 e. The van der Waals surface area contributed by atoms with E-state index in [0.717, 1.165) is 5.39 Å². The van der Waals surface area contributed by atoms with E-state index in [-0.39, 0.29) is 17.2 Å². The van der Waals surface area contributed by atoms with Crippen LogP contribution in [0.1, 0.15) is 0 Å². The number of phenolic OH excluding ortho intramolecular Hbond substituents is 1. The minimum absolute atomic E-state index is 0.0535. The molecule has 5 nitrogen and oxygen atoms in total. The maximum atomic E-state index is 11.7. The lowest BCUT2D eigenvalue weighted by Gasteiger charge is -2.08. The summed E-state index contributed by atoms with van der Waals surface area (Å²) in [7, 11) is 0. The summed E-state index contributed by atoms with van der Waals surface area (Å²) in [4.78, 5) is 11.7. The van der Waals surface area contributed by atoms with Gasteiger partial charge in [-0.2, -0.15) is 5.26 Å². The second-order valence-corrected chi connectivity index (χ2v) is 4.81. The van der Waals surface area contributed by atoms with E-state index >= 15 is 0 Å². The molecule has 0 radical (unpaired) electrons. The molecule has 2 aromatic carbocycles. The number of phenols is 1. The Hall–Kier alpha value is -2.71. The van der Waals surface area contributed by atoms with Crippen LogP contribution >= 0.6 is 11.6 Å². The molecule has 0 aromatic heterocycles. The van der Waals surface area contributed by atoms with Crippen molar-refractivity contribution < 1.29 is 9.90 Å².